The van der Waals surface area contributed by atoms with Gasteiger partial charge in [-0.25, -0.2) is 9.98 Å². The molecule has 342 valence electrons. The second kappa shape index (κ2) is 15.5. The molecule has 0 N–H and O–H groups in total. The Morgan fingerprint density at radius 3 is 2.12 bits per heavy atom. The van der Waals surface area contributed by atoms with Crippen molar-refractivity contribution in [3.05, 3.63) is 241 Å². The Labute approximate surface area is 415 Å². The predicted molar refractivity (Wildman–Crippen MR) is 298 cm³/mol. The number of rotatable bonds is 5. The van der Waals surface area contributed by atoms with Gasteiger partial charge in [0.25, 0.3) is 0 Å². The zero-order chi connectivity index (χ0) is 47.7. The molecule has 6 nitrogen and oxygen atoms in total. The monoisotopic (exact) mass is 926 g/mol. The van der Waals surface area contributed by atoms with E-state index in [1.54, 1.807) is 0 Å². The SMILES string of the molecule is CC1C/C=C(c2cccc3c4ccccc4n(-c4ccccc4)c23)/N=C(c2ccc(-n3c4ccccc4c4cc5ccccc5cc43)c3oc4ccccc4c23)\N=C/1C1=CC=CC2c3ccccc3OC12C. The molecule has 0 saturated carbocycles. The third kappa shape index (κ3) is 5.90. The van der Waals surface area contributed by atoms with Gasteiger partial charge in [-0.2, -0.15) is 0 Å². The van der Waals surface area contributed by atoms with Gasteiger partial charge in [0.05, 0.1) is 39.2 Å². The van der Waals surface area contributed by atoms with Gasteiger partial charge in [0, 0.05) is 72.1 Å². The summed E-state index contributed by atoms with van der Waals surface area (Å²) < 4.78 is 19.0. The van der Waals surface area contributed by atoms with Crippen LogP contribution < -0.4 is 4.74 Å². The summed E-state index contributed by atoms with van der Waals surface area (Å²) in [6.07, 6.45) is 9.74. The third-order valence-electron chi connectivity index (χ3n) is 15.6. The number of hydrogen-bond acceptors (Lipinski definition) is 4. The number of hydrogen-bond donors (Lipinski definition) is 0. The number of aliphatic imine (C=N–C) groups is 2. The quantitative estimate of drug-likeness (QED) is 0.173. The summed E-state index contributed by atoms with van der Waals surface area (Å²) >= 11 is 0. The van der Waals surface area contributed by atoms with Crippen LogP contribution in [0.4, 0.5) is 0 Å². The highest BCUT2D eigenvalue weighted by Gasteiger charge is 2.49. The van der Waals surface area contributed by atoms with E-state index in [2.05, 4.69) is 241 Å². The number of nitrogens with zero attached hydrogens (tertiary/aromatic N) is 4. The van der Waals surface area contributed by atoms with E-state index in [9.17, 15) is 0 Å². The molecule has 0 spiro atoms. The lowest BCUT2D eigenvalue weighted by Gasteiger charge is -2.36. The summed E-state index contributed by atoms with van der Waals surface area (Å²) in [6, 6.07) is 69.3. The van der Waals surface area contributed by atoms with E-state index in [-0.39, 0.29) is 11.8 Å². The average molecular weight is 927 g/mol. The normalized spacial score (nSPS) is 21.0. The van der Waals surface area contributed by atoms with Gasteiger partial charge in [-0.15, -0.1) is 0 Å². The van der Waals surface area contributed by atoms with E-state index in [0.29, 0.717) is 12.3 Å². The van der Waals surface area contributed by atoms with Crippen LogP contribution in [0, 0.1) is 5.92 Å². The van der Waals surface area contributed by atoms with E-state index in [1.807, 2.05) is 0 Å². The Morgan fingerprint density at radius 1 is 0.583 bits per heavy atom. The van der Waals surface area contributed by atoms with Gasteiger partial charge < -0.3 is 18.3 Å². The van der Waals surface area contributed by atoms with Crippen molar-refractivity contribution < 1.29 is 9.15 Å². The van der Waals surface area contributed by atoms with Gasteiger partial charge in [-0.3, -0.25) is 0 Å². The van der Waals surface area contributed by atoms with Crippen LogP contribution in [-0.2, 0) is 0 Å². The van der Waals surface area contributed by atoms with Crippen LogP contribution in [0.1, 0.15) is 42.9 Å². The minimum absolute atomic E-state index is 0.00416. The predicted octanol–water partition coefficient (Wildman–Crippen LogP) is 16.6. The molecule has 15 rings (SSSR count). The lowest BCUT2D eigenvalue weighted by atomic mass is 9.73. The highest BCUT2D eigenvalue weighted by Crippen LogP contribution is 2.52. The zero-order valence-corrected chi connectivity index (χ0v) is 39.8. The topological polar surface area (TPSA) is 57.0 Å². The number of benzene rings is 9. The van der Waals surface area contributed by atoms with E-state index < -0.39 is 5.60 Å². The summed E-state index contributed by atoms with van der Waals surface area (Å²) in [5.41, 5.74) is 13.5. The minimum atomic E-state index is -0.674. The summed E-state index contributed by atoms with van der Waals surface area (Å²) in [4.78, 5) is 11.8. The summed E-state index contributed by atoms with van der Waals surface area (Å²) in [5.74, 6) is 1.56. The average Bonchev–Trinajstić information content (AvgIpc) is 4.16. The fourth-order valence-electron chi connectivity index (χ4n) is 12.3. The smallest absolute Gasteiger partial charge is 0.160 e. The molecule has 3 aromatic heterocycles. The molecular formula is C66H46N4O2. The first-order valence-corrected chi connectivity index (χ1v) is 25.0. The van der Waals surface area contributed by atoms with Crippen LogP contribution in [-0.4, -0.2) is 26.3 Å². The number of fused-ring (bicyclic) bond motifs is 13. The molecule has 12 aromatic rings. The maximum atomic E-state index is 7.14. The van der Waals surface area contributed by atoms with Gasteiger partial charge in [0.1, 0.15) is 16.9 Å². The Balaban J connectivity index is 1.02. The highest BCUT2D eigenvalue weighted by atomic mass is 16.5. The molecule has 0 radical (unpaired) electrons. The van der Waals surface area contributed by atoms with Gasteiger partial charge in [0.2, 0.25) is 0 Å². The van der Waals surface area contributed by atoms with Crippen LogP contribution in [0.3, 0.4) is 0 Å². The molecule has 6 heteroatoms. The molecule has 0 amide bonds. The second-order valence-corrected chi connectivity index (χ2v) is 19.7. The molecule has 9 aromatic carbocycles. The Kier molecular flexibility index (Phi) is 8.79. The summed E-state index contributed by atoms with van der Waals surface area (Å²) in [7, 11) is 0. The van der Waals surface area contributed by atoms with Crippen LogP contribution in [0.15, 0.2) is 238 Å². The Bertz CT molecular complexity index is 4440. The first kappa shape index (κ1) is 40.8. The third-order valence-corrected chi connectivity index (χ3v) is 15.6. The van der Waals surface area contributed by atoms with Gasteiger partial charge in [-0.1, -0.05) is 165 Å². The first-order valence-electron chi connectivity index (χ1n) is 25.0. The van der Waals surface area contributed by atoms with E-state index in [1.165, 1.54) is 37.9 Å². The van der Waals surface area contributed by atoms with Crippen molar-refractivity contribution in [1.82, 2.24) is 9.13 Å². The second-order valence-electron chi connectivity index (χ2n) is 19.7. The number of para-hydroxylation sites is 6. The van der Waals surface area contributed by atoms with Crippen LogP contribution in [0.25, 0.3) is 93.4 Å². The zero-order valence-electron chi connectivity index (χ0n) is 39.8. The van der Waals surface area contributed by atoms with Crippen molar-refractivity contribution >= 4 is 93.6 Å². The van der Waals surface area contributed by atoms with Crippen LogP contribution in [0.2, 0.25) is 0 Å². The van der Waals surface area contributed by atoms with Crippen molar-refractivity contribution in [3.8, 4) is 17.1 Å². The van der Waals surface area contributed by atoms with Crippen molar-refractivity contribution in [2.75, 3.05) is 0 Å². The molecule has 2 aliphatic heterocycles. The fourth-order valence-corrected chi connectivity index (χ4v) is 12.3. The standard InChI is InChI=1S/C66H46N4O2/c1-40-34-36-54(48-27-16-26-46-44-22-8-12-30-55(44)69(63(46)48)43-20-4-3-5-21-43)67-65(68-62(40)53-29-17-28-52-47-24-10-15-33-60(47)72-66(52,53)2)50-35-37-57(64-61(50)49-25-11-14-32-59(49)71-64)70-56-31-13-9-23-45(56)51-38-41-18-6-7-19-42(41)39-58(51)70/h3-33,35-40,52H,34H2,1-2H3/b54-36+,67-65-,68-62+. The molecule has 5 heterocycles. The number of amidine groups is 1. The largest absolute Gasteiger partial charge is 0.482 e. The molecule has 3 atom stereocenters. The van der Waals surface area contributed by atoms with Crippen molar-refractivity contribution in [3.63, 3.8) is 0 Å². The van der Waals surface area contributed by atoms with Crippen molar-refractivity contribution in [2.24, 2.45) is 15.9 Å². The van der Waals surface area contributed by atoms with E-state index >= 15 is 0 Å². The van der Waals surface area contributed by atoms with Gasteiger partial charge in [0.15, 0.2) is 11.4 Å². The lowest BCUT2D eigenvalue weighted by molar-refractivity contribution is 0.147. The number of ether oxygens (including phenoxy) is 1. The molecule has 3 unspecified atom stereocenters. The Hall–Kier alpha value is -9.00. The van der Waals surface area contributed by atoms with Crippen molar-refractivity contribution in [1.29, 1.82) is 0 Å². The first-order chi connectivity index (χ1) is 35.5. The molecule has 0 bridgehead atoms. The molecule has 1 aliphatic carbocycles. The maximum absolute atomic E-state index is 7.14. The van der Waals surface area contributed by atoms with E-state index in [4.69, 9.17) is 19.1 Å². The summed E-state index contributed by atoms with van der Waals surface area (Å²) in [5, 5.41) is 9.11. The highest BCUT2D eigenvalue weighted by molar-refractivity contribution is 6.25. The fraction of sp³-hybridized carbons (Fsp3) is 0.0909. The number of furan rings is 1. The van der Waals surface area contributed by atoms with Crippen LogP contribution >= 0.6 is 0 Å². The van der Waals surface area contributed by atoms with E-state index in [0.717, 1.165) is 89.2 Å². The summed E-state index contributed by atoms with van der Waals surface area (Å²) in [6.45, 7) is 4.53. The molecular weight excluding hydrogens is 881 g/mol. The molecule has 0 fully saturated rings. The number of aromatic nitrogens is 2. The van der Waals surface area contributed by atoms with Gasteiger partial charge >= 0.3 is 0 Å². The minimum Gasteiger partial charge on any atom is -0.482 e. The van der Waals surface area contributed by atoms with Gasteiger partial charge in [-0.05, 0) is 84.8 Å². The molecule has 72 heavy (non-hydrogen) atoms. The van der Waals surface area contributed by atoms with Crippen LogP contribution in [0.5, 0.6) is 5.75 Å². The molecule has 0 saturated heterocycles. The van der Waals surface area contributed by atoms with Crippen molar-refractivity contribution in [2.45, 2.75) is 31.8 Å². The Morgan fingerprint density at radius 2 is 1.28 bits per heavy atom. The maximum Gasteiger partial charge on any atom is 0.160 e. The lowest BCUT2D eigenvalue weighted by Crippen LogP contribution is -2.42. The number of allylic oxidation sites excluding steroid dienone is 3. The molecule has 3 aliphatic rings.